The zero-order valence-electron chi connectivity index (χ0n) is 44.9. The number of ketones is 1. The predicted octanol–water partition coefficient (Wildman–Crippen LogP) is 5.23. The minimum absolute atomic E-state index is 0.0350. The van der Waals surface area contributed by atoms with E-state index in [1.54, 1.807) is 41.1 Å². The maximum absolute atomic E-state index is 13.4. The van der Waals surface area contributed by atoms with Gasteiger partial charge >= 0.3 is 5.97 Å². The summed E-state index contributed by atoms with van der Waals surface area (Å²) in [4.78, 5) is 26.5. The lowest BCUT2D eigenvalue weighted by atomic mass is 9.45. The van der Waals surface area contributed by atoms with Crippen molar-refractivity contribution in [3.05, 3.63) is 23.3 Å². The Morgan fingerprint density at radius 3 is 1.83 bits per heavy atom. The minimum atomic E-state index is -1.24. The highest BCUT2D eigenvalue weighted by Crippen LogP contribution is 2.68. The SMILES string of the molecule is CC=C(C)C(=O)O[C@@H]1CC2C(CC=C3C[C@@H](OC4CC(OC)C(OC5CC(OC)C(OC6OC(C)C(OC7CC(OC)C(O)C(C)O7)C(OC)C6O)C(C)O5)C(C)O4)CC[C@@]32C)[C@@]2(O)CC[C@H](C(C)=O)[C@@]12C. The van der Waals surface area contributed by atoms with Gasteiger partial charge in [-0.15, -0.1) is 0 Å². The number of Topliss-reactive ketones (excluding diaryl/α,β-unsaturated/α-hetero) is 1. The Morgan fingerprint density at radius 2 is 1.24 bits per heavy atom. The maximum Gasteiger partial charge on any atom is 0.333 e. The van der Waals surface area contributed by atoms with Crippen LogP contribution in [0.1, 0.15) is 127 Å². The fourth-order valence-corrected chi connectivity index (χ4v) is 14.5. The first kappa shape index (κ1) is 56.2. The van der Waals surface area contributed by atoms with Crippen LogP contribution >= 0.6 is 0 Å². The Balaban J connectivity index is 0.864. The van der Waals surface area contributed by atoms with Crippen molar-refractivity contribution in [3.8, 4) is 0 Å². The van der Waals surface area contributed by atoms with Gasteiger partial charge in [-0.2, -0.15) is 0 Å². The molecule has 7 fully saturated rings. The van der Waals surface area contributed by atoms with Crippen LogP contribution in [0, 0.1) is 28.6 Å². The summed E-state index contributed by atoms with van der Waals surface area (Å²) in [5, 5.41) is 34.9. The van der Waals surface area contributed by atoms with E-state index in [0.29, 0.717) is 56.9 Å². The standard InChI is InChI=1S/C54H86O18/c1-14-26(2)50(58)69-40-22-36-35(54(59)20-18-34(27(3)55)53(40,54)9)16-15-32-21-33(17-19-52(32,36)8)68-41-24-38(61-11)46(29(5)65-41)70-43-25-39(62-12)47(30(6)66-43)72-51-45(57)49(63-13)48(31(7)67-51)71-42-23-37(60-10)44(56)28(4)64-42/h14-15,28-31,33-49,51,56-57,59H,16-25H2,1-13H3/t28?,29?,30?,31?,33-,34+,35?,36?,37?,38?,39?,40+,41?,42?,43?,44?,45?,46?,47?,48?,49?,51?,52-,53-,54-/m0/s1. The van der Waals surface area contributed by atoms with Gasteiger partial charge in [-0.25, -0.2) is 4.79 Å². The Bertz CT molecular complexity index is 1950. The quantitative estimate of drug-likeness (QED) is 0.109. The van der Waals surface area contributed by atoms with E-state index in [-0.39, 0.29) is 41.2 Å². The lowest BCUT2D eigenvalue weighted by Gasteiger charge is -2.63. The molecule has 0 aromatic rings. The zero-order chi connectivity index (χ0) is 52.2. The molecule has 72 heavy (non-hydrogen) atoms. The molecule has 0 radical (unpaired) electrons. The lowest BCUT2D eigenvalue weighted by molar-refractivity contribution is -0.365. The number of methoxy groups -OCH3 is 4. The van der Waals surface area contributed by atoms with Crippen molar-refractivity contribution in [2.45, 2.75) is 249 Å². The summed E-state index contributed by atoms with van der Waals surface area (Å²) in [6.07, 6.45) is -2.07. The molecule has 19 unspecified atom stereocenters. The number of ether oxygens (including phenoxy) is 13. The molecule has 0 aromatic carbocycles. The van der Waals surface area contributed by atoms with Crippen LogP contribution in [0.25, 0.3) is 0 Å². The fraction of sp³-hybridized carbons (Fsp3) is 0.889. The summed E-state index contributed by atoms with van der Waals surface area (Å²) in [5.74, 6) is -0.765. The molecular formula is C54H86O18. The topological polar surface area (TPSA) is 215 Å². The highest BCUT2D eigenvalue weighted by molar-refractivity contribution is 5.88. The monoisotopic (exact) mass is 1020 g/mol. The minimum Gasteiger partial charge on any atom is -0.458 e. The molecule has 8 aliphatic rings. The third-order valence-electron chi connectivity index (χ3n) is 18.9. The summed E-state index contributed by atoms with van der Waals surface area (Å²) in [7, 11) is 6.29. The molecule has 4 heterocycles. The Labute approximate surface area is 426 Å². The maximum atomic E-state index is 13.4. The highest BCUT2D eigenvalue weighted by atomic mass is 16.8. The predicted molar refractivity (Wildman–Crippen MR) is 258 cm³/mol. The average Bonchev–Trinajstić information content (AvgIpc) is 3.64. The Hall–Kier alpha value is -1.98. The molecule has 4 saturated heterocycles. The van der Waals surface area contributed by atoms with Crippen molar-refractivity contribution in [2.75, 3.05) is 28.4 Å². The van der Waals surface area contributed by atoms with Gasteiger partial charge in [-0.1, -0.05) is 31.6 Å². The Kier molecular flexibility index (Phi) is 17.6. The fourth-order valence-electron chi connectivity index (χ4n) is 14.5. The molecule has 4 aliphatic heterocycles. The van der Waals surface area contributed by atoms with Crippen LogP contribution in [0.2, 0.25) is 0 Å². The number of hydrogen-bond donors (Lipinski definition) is 3. The van der Waals surface area contributed by atoms with Crippen LogP contribution in [-0.4, -0.2) is 178 Å². The van der Waals surface area contributed by atoms with Crippen LogP contribution in [0.3, 0.4) is 0 Å². The first-order valence-electron chi connectivity index (χ1n) is 26.6. The van der Waals surface area contributed by atoms with E-state index in [0.717, 1.165) is 12.8 Å². The molecule has 3 N–H and O–H groups in total. The molecule has 0 spiro atoms. The second-order valence-corrected chi connectivity index (χ2v) is 22.6. The molecular weight excluding hydrogens is 937 g/mol. The molecule has 25 atom stereocenters. The van der Waals surface area contributed by atoms with Crippen molar-refractivity contribution >= 4 is 11.8 Å². The summed E-state index contributed by atoms with van der Waals surface area (Å²) in [6.45, 7) is 16.8. The number of rotatable bonds is 15. The van der Waals surface area contributed by atoms with Crippen molar-refractivity contribution < 1.29 is 86.5 Å². The Morgan fingerprint density at radius 1 is 0.667 bits per heavy atom. The number of esters is 1. The average molecular weight is 1020 g/mol. The van der Waals surface area contributed by atoms with Gasteiger partial charge in [0.2, 0.25) is 0 Å². The highest BCUT2D eigenvalue weighted by Gasteiger charge is 2.71. The molecule has 4 aliphatic carbocycles. The van der Waals surface area contributed by atoms with E-state index >= 15 is 0 Å². The van der Waals surface area contributed by atoms with Crippen molar-refractivity contribution in [2.24, 2.45) is 28.6 Å². The van der Waals surface area contributed by atoms with Crippen LogP contribution in [0.15, 0.2) is 23.3 Å². The summed E-state index contributed by atoms with van der Waals surface area (Å²) in [6, 6.07) is 0. The second kappa shape index (κ2) is 22.5. The van der Waals surface area contributed by atoms with Crippen LogP contribution in [0.5, 0.6) is 0 Å². The van der Waals surface area contributed by atoms with E-state index in [9.17, 15) is 24.9 Å². The van der Waals surface area contributed by atoms with Crippen LogP contribution < -0.4 is 0 Å². The molecule has 3 saturated carbocycles. The molecule has 18 heteroatoms. The van der Waals surface area contributed by atoms with Gasteiger partial charge in [0.25, 0.3) is 0 Å². The molecule has 18 nitrogen and oxygen atoms in total. The summed E-state index contributed by atoms with van der Waals surface area (Å²) in [5.41, 5.74) is -0.484. The number of hydrogen-bond acceptors (Lipinski definition) is 18. The second-order valence-electron chi connectivity index (χ2n) is 22.6. The van der Waals surface area contributed by atoms with Gasteiger partial charge in [0.15, 0.2) is 25.2 Å². The zero-order valence-corrected chi connectivity index (χ0v) is 44.9. The lowest BCUT2D eigenvalue weighted by Crippen LogP contribution is -2.66. The number of allylic oxidation sites excluding steroid dienone is 2. The van der Waals surface area contributed by atoms with Crippen LogP contribution in [-0.2, 0) is 71.2 Å². The van der Waals surface area contributed by atoms with E-state index in [1.807, 2.05) is 34.6 Å². The van der Waals surface area contributed by atoms with Gasteiger partial charge in [0, 0.05) is 64.6 Å². The molecule has 410 valence electrons. The molecule has 0 aromatic heterocycles. The third-order valence-corrected chi connectivity index (χ3v) is 18.9. The van der Waals surface area contributed by atoms with Gasteiger partial charge in [-0.3, -0.25) is 4.79 Å². The third kappa shape index (κ3) is 10.3. The largest absolute Gasteiger partial charge is 0.458 e. The van der Waals surface area contributed by atoms with Crippen molar-refractivity contribution in [1.82, 2.24) is 0 Å². The van der Waals surface area contributed by atoms with E-state index in [4.69, 9.17) is 61.6 Å². The number of aliphatic hydroxyl groups is 3. The molecule has 0 bridgehead atoms. The van der Waals surface area contributed by atoms with Gasteiger partial charge < -0.3 is 76.9 Å². The normalized spacial score (nSPS) is 49.8. The first-order valence-corrected chi connectivity index (χ1v) is 26.6. The van der Waals surface area contributed by atoms with Gasteiger partial charge in [0.05, 0.1) is 54.4 Å². The van der Waals surface area contributed by atoms with Crippen molar-refractivity contribution in [1.29, 1.82) is 0 Å². The number of carbonyl (C=O) groups is 2. The number of carbonyl (C=O) groups excluding carboxylic acids is 2. The van der Waals surface area contributed by atoms with E-state index < -0.39 is 121 Å². The molecule has 0 amide bonds. The molecule has 8 rings (SSSR count). The first-order chi connectivity index (χ1) is 34.1. The van der Waals surface area contributed by atoms with E-state index in [1.165, 1.54) is 19.8 Å². The smallest absolute Gasteiger partial charge is 0.333 e. The van der Waals surface area contributed by atoms with Crippen LogP contribution in [0.4, 0.5) is 0 Å². The van der Waals surface area contributed by atoms with Gasteiger partial charge in [-0.05, 0) is 111 Å². The number of fused-ring (bicyclic) bond motifs is 5. The number of aliphatic hydroxyl groups excluding tert-OH is 2. The van der Waals surface area contributed by atoms with Gasteiger partial charge in [0.1, 0.15) is 48.5 Å². The van der Waals surface area contributed by atoms with Crippen molar-refractivity contribution in [3.63, 3.8) is 0 Å². The summed E-state index contributed by atoms with van der Waals surface area (Å²) >= 11 is 0. The summed E-state index contributed by atoms with van der Waals surface area (Å²) < 4.78 is 81.1. The van der Waals surface area contributed by atoms with E-state index in [2.05, 4.69) is 13.0 Å².